The minimum atomic E-state index is 0.587. The Morgan fingerprint density at radius 2 is 2.38 bits per heavy atom. The highest BCUT2D eigenvalue weighted by atomic mass is 32.1. The third kappa shape index (κ3) is 5.57. The van der Waals surface area contributed by atoms with Gasteiger partial charge in [0, 0.05) is 26.5 Å². The van der Waals surface area contributed by atoms with Crippen LogP contribution in [-0.2, 0) is 11.3 Å². The summed E-state index contributed by atoms with van der Waals surface area (Å²) >= 11 is 5.09. The van der Waals surface area contributed by atoms with Crippen molar-refractivity contribution in [1.29, 1.82) is 0 Å². The van der Waals surface area contributed by atoms with Crippen molar-refractivity contribution in [2.45, 2.75) is 13.0 Å². The zero-order valence-corrected chi connectivity index (χ0v) is 10.1. The molecule has 0 unspecified atom stereocenters. The number of methoxy groups -OCH3 is 1. The van der Waals surface area contributed by atoms with Gasteiger partial charge in [-0.25, -0.2) is 0 Å². The Morgan fingerprint density at radius 1 is 1.50 bits per heavy atom. The summed E-state index contributed by atoms with van der Waals surface area (Å²) in [6.07, 6.45) is 2.58. The second kappa shape index (κ2) is 7.95. The Kier molecular flexibility index (Phi) is 6.36. The van der Waals surface area contributed by atoms with E-state index < -0.39 is 0 Å². The van der Waals surface area contributed by atoms with E-state index in [1.54, 1.807) is 13.3 Å². The normalized spacial score (nSPS) is 9.81. The highest BCUT2D eigenvalue weighted by Crippen LogP contribution is 1.89. The van der Waals surface area contributed by atoms with Crippen molar-refractivity contribution in [2.24, 2.45) is 0 Å². The average Bonchev–Trinajstić information content (AvgIpc) is 2.33. The van der Waals surface area contributed by atoms with Gasteiger partial charge in [0.15, 0.2) is 5.11 Å². The fourth-order valence-electron chi connectivity index (χ4n) is 1.08. The van der Waals surface area contributed by atoms with Crippen LogP contribution in [0.3, 0.4) is 0 Å². The lowest BCUT2D eigenvalue weighted by molar-refractivity contribution is 0.195. The van der Waals surface area contributed by atoms with Crippen molar-refractivity contribution < 1.29 is 4.74 Å². The van der Waals surface area contributed by atoms with Crippen LogP contribution in [0.2, 0.25) is 0 Å². The monoisotopic (exact) mass is 240 g/mol. The van der Waals surface area contributed by atoms with Crippen LogP contribution in [0.4, 0.5) is 0 Å². The van der Waals surface area contributed by atoms with Gasteiger partial charge in [0.25, 0.3) is 0 Å². The summed E-state index contributed by atoms with van der Waals surface area (Å²) in [6.45, 7) is 2.13. The summed E-state index contributed by atoms with van der Waals surface area (Å²) in [5.74, 6) is 0. The molecule has 16 heavy (non-hydrogen) atoms. The lowest BCUT2D eigenvalue weighted by Crippen LogP contribution is -2.35. The average molecular weight is 240 g/mol. The largest absolute Gasteiger partial charge is 0.385 e. The number of nitrogens with zero attached hydrogens (tertiary/aromatic N) is 2. The van der Waals surface area contributed by atoms with E-state index in [1.807, 2.05) is 12.1 Å². The zero-order valence-electron chi connectivity index (χ0n) is 9.27. The standard InChI is InChI=1S/C10H16N4OS/c1-15-7-3-5-11-10(16)12-8-9-4-2-6-13-14-9/h2,4,6H,3,5,7-8H2,1H3,(H2,11,12,16). The molecule has 6 heteroatoms. The molecular weight excluding hydrogens is 224 g/mol. The second-order valence-electron chi connectivity index (χ2n) is 3.17. The molecule has 2 N–H and O–H groups in total. The van der Waals surface area contributed by atoms with Gasteiger partial charge in [-0.2, -0.15) is 10.2 Å². The molecule has 0 saturated carbocycles. The van der Waals surface area contributed by atoms with Crippen LogP contribution in [0.1, 0.15) is 12.1 Å². The van der Waals surface area contributed by atoms with Crippen molar-refractivity contribution in [2.75, 3.05) is 20.3 Å². The topological polar surface area (TPSA) is 59.1 Å². The Morgan fingerprint density at radius 3 is 3.06 bits per heavy atom. The zero-order chi connectivity index (χ0) is 11.6. The molecule has 0 spiro atoms. The molecule has 0 aliphatic carbocycles. The van der Waals surface area contributed by atoms with Gasteiger partial charge in [0.05, 0.1) is 12.2 Å². The molecule has 0 fully saturated rings. The lowest BCUT2D eigenvalue weighted by atomic mass is 10.4. The Labute approximate surface area is 101 Å². The minimum Gasteiger partial charge on any atom is -0.385 e. The summed E-state index contributed by atoms with van der Waals surface area (Å²) in [5.41, 5.74) is 0.864. The molecule has 1 aromatic heterocycles. The highest BCUT2D eigenvalue weighted by Gasteiger charge is 1.96. The quantitative estimate of drug-likeness (QED) is 0.557. The summed E-state index contributed by atoms with van der Waals surface area (Å²) < 4.78 is 4.93. The number of nitrogens with one attached hydrogen (secondary N) is 2. The van der Waals surface area contributed by atoms with Gasteiger partial charge in [-0.3, -0.25) is 0 Å². The van der Waals surface area contributed by atoms with Gasteiger partial charge >= 0.3 is 0 Å². The van der Waals surface area contributed by atoms with Gasteiger partial charge in [-0.05, 0) is 30.8 Å². The number of rotatable bonds is 6. The number of aromatic nitrogens is 2. The minimum absolute atomic E-state index is 0.587. The smallest absolute Gasteiger partial charge is 0.166 e. The first-order valence-corrected chi connectivity index (χ1v) is 5.51. The first-order valence-electron chi connectivity index (χ1n) is 5.10. The third-order valence-electron chi connectivity index (χ3n) is 1.87. The SMILES string of the molecule is COCCCNC(=S)NCc1cccnn1. The fraction of sp³-hybridized carbons (Fsp3) is 0.500. The van der Waals surface area contributed by atoms with E-state index in [-0.39, 0.29) is 0 Å². The summed E-state index contributed by atoms with van der Waals surface area (Å²) in [5, 5.41) is 14.5. The summed E-state index contributed by atoms with van der Waals surface area (Å²) in [7, 11) is 1.69. The third-order valence-corrected chi connectivity index (χ3v) is 2.16. The first-order chi connectivity index (χ1) is 7.83. The molecule has 5 nitrogen and oxygen atoms in total. The molecule has 0 bridgehead atoms. The molecule has 1 aromatic rings. The number of ether oxygens (including phenoxy) is 1. The van der Waals surface area contributed by atoms with Gasteiger partial charge in [-0.1, -0.05) is 0 Å². The maximum atomic E-state index is 5.09. The predicted molar refractivity (Wildman–Crippen MR) is 66.0 cm³/mol. The molecule has 0 saturated heterocycles. The molecule has 0 atom stereocenters. The molecule has 1 heterocycles. The lowest BCUT2D eigenvalue weighted by Gasteiger charge is -2.09. The van der Waals surface area contributed by atoms with Crippen LogP contribution in [0.15, 0.2) is 18.3 Å². The molecule has 0 aromatic carbocycles. The van der Waals surface area contributed by atoms with E-state index in [4.69, 9.17) is 17.0 Å². The van der Waals surface area contributed by atoms with E-state index in [1.165, 1.54) is 0 Å². The van der Waals surface area contributed by atoms with Crippen LogP contribution >= 0.6 is 12.2 Å². The van der Waals surface area contributed by atoms with Crippen LogP contribution in [0.25, 0.3) is 0 Å². The van der Waals surface area contributed by atoms with Gasteiger partial charge in [-0.15, -0.1) is 0 Å². The Hall–Kier alpha value is -1.27. The second-order valence-corrected chi connectivity index (χ2v) is 3.58. The Balaban J connectivity index is 2.11. The molecular formula is C10H16N4OS. The van der Waals surface area contributed by atoms with Gasteiger partial charge < -0.3 is 15.4 Å². The molecule has 0 amide bonds. The van der Waals surface area contributed by atoms with Crippen LogP contribution in [0, 0.1) is 0 Å². The van der Waals surface area contributed by atoms with Gasteiger partial charge in [0.2, 0.25) is 0 Å². The number of thiocarbonyl (C=S) groups is 1. The highest BCUT2D eigenvalue weighted by molar-refractivity contribution is 7.80. The van der Waals surface area contributed by atoms with E-state index in [0.717, 1.165) is 25.3 Å². The van der Waals surface area contributed by atoms with E-state index >= 15 is 0 Å². The maximum Gasteiger partial charge on any atom is 0.166 e. The van der Waals surface area contributed by atoms with Crippen LogP contribution in [-0.4, -0.2) is 35.6 Å². The first kappa shape index (κ1) is 12.8. The molecule has 88 valence electrons. The molecule has 0 aliphatic rings. The Bertz CT molecular complexity index is 307. The van der Waals surface area contributed by atoms with E-state index in [0.29, 0.717) is 11.7 Å². The van der Waals surface area contributed by atoms with Crippen molar-refractivity contribution in [3.8, 4) is 0 Å². The van der Waals surface area contributed by atoms with Crippen molar-refractivity contribution in [3.63, 3.8) is 0 Å². The van der Waals surface area contributed by atoms with Gasteiger partial charge in [0.1, 0.15) is 0 Å². The molecule has 1 rings (SSSR count). The summed E-state index contributed by atoms with van der Waals surface area (Å²) in [6, 6.07) is 3.74. The van der Waals surface area contributed by atoms with Crippen molar-refractivity contribution >= 4 is 17.3 Å². The van der Waals surface area contributed by atoms with Crippen LogP contribution < -0.4 is 10.6 Å². The maximum absolute atomic E-state index is 5.09. The van der Waals surface area contributed by atoms with E-state index in [9.17, 15) is 0 Å². The fourth-order valence-corrected chi connectivity index (χ4v) is 1.25. The van der Waals surface area contributed by atoms with E-state index in [2.05, 4.69) is 20.8 Å². The van der Waals surface area contributed by atoms with Crippen LogP contribution in [0.5, 0.6) is 0 Å². The predicted octanol–water partition coefficient (Wildman–Crippen LogP) is 0.477. The summed E-state index contributed by atoms with van der Waals surface area (Å²) in [4.78, 5) is 0. The number of hydrogen-bond acceptors (Lipinski definition) is 4. The molecule has 0 aliphatic heterocycles. The van der Waals surface area contributed by atoms with Crippen molar-refractivity contribution in [3.05, 3.63) is 24.0 Å². The number of hydrogen-bond donors (Lipinski definition) is 2. The van der Waals surface area contributed by atoms with Crippen molar-refractivity contribution in [1.82, 2.24) is 20.8 Å². The molecule has 0 radical (unpaired) electrons.